The summed E-state index contributed by atoms with van der Waals surface area (Å²) in [7, 11) is 1.84. The van der Waals surface area contributed by atoms with Crippen LogP contribution in [0.3, 0.4) is 0 Å². The first kappa shape index (κ1) is 18.0. The first-order valence-corrected chi connectivity index (χ1v) is 8.14. The number of hydrogen-bond donors (Lipinski definition) is 2. The van der Waals surface area contributed by atoms with E-state index in [2.05, 4.69) is 20.3 Å². The molecule has 0 fully saturated rings. The molecule has 1 amide bonds. The van der Waals surface area contributed by atoms with Crippen LogP contribution in [0.15, 0.2) is 18.6 Å². The van der Waals surface area contributed by atoms with Crippen LogP contribution in [0.25, 0.3) is 0 Å². The van der Waals surface area contributed by atoms with E-state index < -0.39 is 5.97 Å². The highest BCUT2D eigenvalue weighted by atomic mass is 32.1. The Morgan fingerprint density at radius 2 is 2.17 bits per heavy atom. The van der Waals surface area contributed by atoms with Crippen molar-refractivity contribution in [1.29, 1.82) is 0 Å². The van der Waals surface area contributed by atoms with E-state index >= 15 is 0 Å². The smallest absolute Gasteiger partial charge is 0.347 e. The minimum atomic E-state index is -1.04. The van der Waals surface area contributed by atoms with E-state index in [1.54, 1.807) is 25.5 Å². The molecule has 0 aliphatic heterocycles. The third-order valence-electron chi connectivity index (χ3n) is 3.50. The summed E-state index contributed by atoms with van der Waals surface area (Å²) in [4.78, 5) is 37.4. The number of carboxylic acids is 1. The molecule has 0 unspecified atom stereocenters. The van der Waals surface area contributed by atoms with Crippen molar-refractivity contribution in [2.45, 2.75) is 26.3 Å². The minimum Gasteiger partial charge on any atom is -0.477 e. The quantitative estimate of drug-likeness (QED) is 0.778. The van der Waals surface area contributed by atoms with Gasteiger partial charge in [0.25, 0.3) is 0 Å². The topological polar surface area (TPSA) is 108 Å². The van der Waals surface area contributed by atoms with Gasteiger partial charge in [0.15, 0.2) is 5.13 Å². The molecule has 0 spiro atoms. The van der Waals surface area contributed by atoms with E-state index in [1.807, 2.05) is 18.9 Å². The fourth-order valence-electron chi connectivity index (χ4n) is 2.08. The number of anilines is 1. The number of carbonyl (C=O) groups excluding carboxylic acids is 1. The van der Waals surface area contributed by atoms with Crippen molar-refractivity contribution in [2.75, 3.05) is 18.9 Å². The van der Waals surface area contributed by atoms with Crippen molar-refractivity contribution in [3.8, 4) is 0 Å². The molecule has 0 bridgehead atoms. The Labute approximate surface area is 143 Å². The molecule has 0 aromatic carbocycles. The molecule has 0 aliphatic carbocycles. The Morgan fingerprint density at radius 3 is 2.75 bits per heavy atom. The molecule has 128 valence electrons. The molecule has 2 aromatic heterocycles. The average molecular weight is 349 g/mol. The van der Waals surface area contributed by atoms with Crippen LogP contribution in [0.2, 0.25) is 0 Å². The first-order valence-electron chi connectivity index (χ1n) is 7.32. The maximum absolute atomic E-state index is 12.1. The van der Waals surface area contributed by atoms with Gasteiger partial charge in [-0.15, -0.1) is 0 Å². The number of thiazole rings is 1. The van der Waals surface area contributed by atoms with Crippen LogP contribution < -0.4 is 5.32 Å². The minimum absolute atomic E-state index is 0.0973. The van der Waals surface area contributed by atoms with Crippen molar-refractivity contribution >= 4 is 28.3 Å². The molecule has 2 heterocycles. The molecule has 0 saturated heterocycles. The Balaban J connectivity index is 1.89. The molecule has 2 rings (SSSR count). The summed E-state index contributed by atoms with van der Waals surface area (Å²) in [5.41, 5.74) is 1.26. The fourth-order valence-corrected chi connectivity index (χ4v) is 2.90. The van der Waals surface area contributed by atoms with E-state index in [0.29, 0.717) is 17.2 Å². The van der Waals surface area contributed by atoms with Crippen LogP contribution in [0.5, 0.6) is 0 Å². The number of rotatable bonds is 7. The highest BCUT2D eigenvalue weighted by molar-refractivity contribution is 7.17. The number of aromatic carboxylic acids is 1. The molecule has 8 nitrogen and oxygen atoms in total. The number of aromatic nitrogens is 3. The Morgan fingerprint density at radius 1 is 1.42 bits per heavy atom. The summed E-state index contributed by atoms with van der Waals surface area (Å²) in [5.74, 6) is -1.28. The normalized spacial score (nSPS) is 12.2. The predicted octanol–water partition coefficient (Wildman–Crippen LogP) is 1.44. The Hall–Kier alpha value is -2.39. The van der Waals surface area contributed by atoms with E-state index in [0.717, 1.165) is 17.0 Å². The van der Waals surface area contributed by atoms with Crippen molar-refractivity contribution in [2.24, 2.45) is 0 Å². The number of aryl methyl sites for hydroxylation is 1. The summed E-state index contributed by atoms with van der Waals surface area (Å²) >= 11 is 0.955. The van der Waals surface area contributed by atoms with E-state index in [1.165, 1.54) is 0 Å². The monoisotopic (exact) mass is 349 g/mol. The van der Waals surface area contributed by atoms with Crippen molar-refractivity contribution < 1.29 is 14.7 Å². The molecule has 0 radical (unpaired) electrons. The predicted molar refractivity (Wildman–Crippen MR) is 90.3 cm³/mol. The van der Waals surface area contributed by atoms with Gasteiger partial charge in [-0.3, -0.25) is 19.7 Å². The number of carbonyl (C=O) groups is 2. The zero-order valence-corrected chi connectivity index (χ0v) is 14.5. The summed E-state index contributed by atoms with van der Waals surface area (Å²) in [5, 5.41) is 11.9. The zero-order valence-electron chi connectivity index (χ0n) is 13.7. The van der Waals surface area contributed by atoms with Gasteiger partial charge in [0, 0.05) is 31.1 Å². The van der Waals surface area contributed by atoms with Gasteiger partial charge in [-0.05, 0) is 20.9 Å². The van der Waals surface area contributed by atoms with Gasteiger partial charge in [-0.25, -0.2) is 9.78 Å². The summed E-state index contributed by atoms with van der Waals surface area (Å²) in [6, 6.07) is 0.0973. The van der Waals surface area contributed by atoms with Crippen LogP contribution in [-0.4, -0.2) is 56.5 Å². The molecule has 9 heteroatoms. The molecule has 0 saturated carbocycles. The first-order chi connectivity index (χ1) is 11.4. The number of nitrogens with one attached hydrogen (secondary N) is 1. The molecule has 24 heavy (non-hydrogen) atoms. The van der Waals surface area contributed by atoms with Crippen LogP contribution in [0.4, 0.5) is 5.13 Å². The van der Waals surface area contributed by atoms with Gasteiger partial charge in [0.05, 0.1) is 17.9 Å². The van der Waals surface area contributed by atoms with Crippen LogP contribution >= 0.6 is 11.3 Å². The second-order valence-corrected chi connectivity index (χ2v) is 6.45. The number of likely N-dealkylation sites (N-methyl/N-ethyl adjacent to an activating group) is 1. The van der Waals surface area contributed by atoms with Gasteiger partial charge >= 0.3 is 5.97 Å². The highest BCUT2D eigenvalue weighted by Crippen LogP contribution is 2.22. The number of amides is 1. The summed E-state index contributed by atoms with van der Waals surface area (Å²) in [6.07, 6.45) is 5.64. The largest absolute Gasteiger partial charge is 0.477 e. The molecule has 0 aliphatic rings. The second-order valence-electron chi connectivity index (χ2n) is 5.45. The lowest BCUT2D eigenvalue weighted by Crippen LogP contribution is -2.37. The molecule has 1 atom stereocenters. The SMILES string of the molecule is Cc1nc(NC(=O)CN(C)[C@@H](C)Cc2cnccn2)sc1C(=O)O. The van der Waals surface area contributed by atoms with Gasteiger partial charge in [-0.1, -0.05) is 11.3 Å². The van der Waals surface area contributed by atoms with Crippen molar-refractivity contribution in [3.05, 3.63) is 34.9 Å². The maximum Gasteiger partial charge on any atom is 0.347 e. The Kier molecular flexibility index (Phi) is 5.93. The standard InChI is InChI=1S/C15H19N5O3S/c1-9(6-11-7-16-4-5-17-11)20(3)8-12(21)19-15-18-10(2)13(24-15)14(22)23/h4-5,7,9H,6,8H2,1-3H3,(H,22,23)(H,18,19,21)/t9-/m0/s1. The third-order valence-corrected chi connectivity index (χ3v) is 4.56. The zero-order chi connectivity index (χ0) is 17.7. The second kappa shape index (κ2) is 7.93. The lowest BCUT2D eigenvalue weighted by molar-refractivity contribution is -0.117. The van der Waals surface area contributed by atoms with Gasteiger partial charge in [-0.2, -0.15) is 0 Å². The van der Waals surface area contributed by atoms with Crippen molar-refractivity contribution in [1.82, 2.24) is 19.9 Å². The van der Waals surface area contributed by atoms with Crippen LogP contribution in [0, 0.1) is 6.92 Å². The fraction of sp³-hybridized carbons (Fsp3) is 0.400. The lowest BCUT2D eigenvalue weighted by Gasteiger charge is -2.23. The molecule has 2 aromatic rings. The maximum atomic E-state index is 12.1. The lowest BCUT2D eigenvalue weighted by atomic mass is 10.1. The number of nitrogens with zero attached hydrogens (tertiary/aromatic N) is 4. The van der Waals surface area contributed by atoms with E-state index in [-0.39, 0.29) is 23.4 Å². The molecular formula is C15H19N5O3S. The average Bonchev–Trinajstić information content (AvgIpc) is 2.88. The highest BCUT2D eigenvalue weighted by Gasteiger charge is 2.18. The number of carboxylic acid groups (broad SMARTS) is 1. The van der Waals surface area contributed by atoms with E-state index in [4.69, 9.17) is 5.11 Å². The Bertz CT molecular complexity index is 719. The van der Waals surface area contributed by atoms with Crippen LogP contribution in [-0.2, 0) is 11.2 Å². The van der Waals surface area contributed by atoms with Gasteiger partial charge in [0.2, 0.25) is 5.91 Å². The van der Waals surface area contributed by atoms with Gasteiger partial charge < -0.3 is 10.4 Å². The van der Waals surface area contributed by atoms with E-state index in [9.17, 15) is 9.59 Å². The van der Waals surface area contributed by atoms with Crippen LogP contribution in [0.1, 0.15) is 28.0 Å². The van der Waals surface area contributed by atoms with Gasteiger partial charge in [0.1, 0.15) is 4.88 Å². The summed E-state index contributed by atoms with van der Waals surface area (Å²) < 4.78 is 0. The van der Waals surface area contributed by atoms with Crippen molar-refractivity contribution in [3.63, 3.8) is 0 Å². The summed E-state index contributed by atoms with van der Waals surface area (Å²) in [6.45, 7) is 3.77. The molecule has 2 N–H and O–H groups in total. The molecular weight excluding hydrogens is 330 g/mol. The third kappa shape index (κ3) is 4.80. The number of hydrogen-bond acceptors (Lipinski definition) is 7.